The number of aromatic nitrogens is 1. The monoisotopic (exact) mass is 312 g/mol. The molecule has 0 amide bonds. The Kier molecular flexibility index (Phi) is 2.59. The average Bonchev–Trinajstić information content (AvgIpc) is 2.63. The molecule has 5 nitrogen and oxygen atoms in total. The van der Waals surface area contributed by atoms with E-state index in [0.29, 0.717) is 0 Å². The average molecular weight is 312 g/mol. The van der Waals surface area contributed by atoms with Gasteiger partial charge in [-0.1, -0.05) is 41.5 Å². The minimum absolute atomic E-state index is 0.636. The van der Waals surface area contributed by atoms with Crippen LogP contribution >= 0.6 is 0 Å². The SMILES string of the molecule is [N-]=[N+]=NC1c2cc3cccnc3c3ccc4cccc(c4c23)[C@H]1O. The van der Waals surface area contributed by atoms with Crippen molar-refractivity contribution in [2.24, 2.45) is 5.11 Å². The summed E-state index contributed by atoms with van der Waals surface area (Å²) in [6.07, 6.45) is 0.931. The standard InChI is InChI=1S/C19H12N4O/c20-23-22-18-14-9-11-4-2-8-21-17(11)12-7-6-10-3-1-5-13(19(18)24)15(10)16(12)14/h1-9,18-19,24H/t18?,19-/m1/s1. The van der Waals surface area contributed by atoms with Crippen molar-refractivity contribution in [3.8, 4) is 0 Å². The van der Waals surface area contributed by atoms with Crippen LogP contribution in [-0.2, 0) is 0 Å². The van der Waals surface area contributed by atoms with Crippen LogP contribution in [0.5, 0.6) is 0 Å². The fourth-order valence-corrected chi connectivity index (χ4v) is 3.90. The zero-order chi connectivity index (χ0) is 16.3. The predicted molar refractivity (Wildman–Crippen MR) is 93.6 cm³/mol. The first kappa shape index (κ1) is 13.3. The van der Waals surface area contributed by atoms with E-state index in [-0.39, 0.29) is 0 Å². The topological polar surface area (TPSA) is 81.9 Å². The van der Waals surface area contributed by atoms with E-state index in [2.05, 4.69) is 27.1 Å². The number of nitrogens with zero attached hydrogens (tertiary/aromatic N) is 4. The second kappa shape index (κ2) is 4.68. The van der Waals surface area contributed by atoms with Crippen LogP contribution in [0.25, 0.3) is 42.9 Å². The van der Waals surface area contributed by atoms with Crippen LogP contribution in [0.2, 0.25) is 0 Å². The number of rotatable bonds is 1. The summed E-state index contributed by atoms with van der Waals surface area (Å²) in [5, 5.41) is 19.8. The van der Waals surface area contributed by atoms with Crippen LogP contribution in [0.15, 0.2) is 59.8 Å². The lowest BCUT2D eigenvalue weighted by molar-refractivity contribution is 0.148. The summed E-state index contributed by atoms with van der Waals surface area (Å²) in [6.45, 7) is 0. The molecule has 0 aliphatic heterocycles. The molecule has 1 N–H and O–H groups in total. The van der Waals surface area contributed by atoms with Gasteiger partial charge in [-0.2, -0.15) is 0 Å². The van der Waals surface area contributed by atoms with Crippen molar-refractivity contribution in [3.05, 3.63) is 76.3 Å². The zero-order valence-corrected chi connectivity index (χ0v) is 12.6. The first-order valence-electron chi connectivity index (χ1n) is 7.75. The summed E-state index contributed by atoms with van der Waals surface area (Å²) in [5.41, 5.74) is 11.6. The molecule has 2 atom stereocenters. The van der Waals surface area contributed by atoms with E-state index in [0.717, 1.165) is 43.6 Å². The molecule has 1 unspecified atom stereocenters. The number of pyridine rings is 1. The summed E-state index contributed by atoms with van der Waals surface area (Å²) in [5.74, 6) is 0. The Morgan fingerprint density at radius 2 is 1.88 bits per heavy atom. The van der Waals surface area contributed by atoms with E-state index < -0.39 is 12.1 Å². The van der Waals surface area contributed by atoms with E-state index in [4.69, 9.17) is 5.53 Å². The number of aliphatic hydroxyl groups is 1. The van der Waals surface area contributed by atoms with Gasteiger partial charge in [0.2, 0.25) is 0 Å². The summed E-state index contributed by atoms with van der Waals surface area (Å²) in [6, 6.07) is 15.2. The third-order valence-electron chi connectivity index (χ3n) is 4.88. The molecule has 114 valence electrons. The maximum atomic E-state index is 10.8. The molecule has 24 heavy (non-hydrogen) atoms. The van der Waals surface area contributed by atoms with Gasteiger partial charge in [0.05, 0.1) is 17.7 Å². The molecule has 0 spiro atoms. The number of hydrogen-bond donors (Lipinski definition) is 1. The number of hydrogen-bond acceptors (Lipinski definition) is 3. The highest BCUT2D eigenvalue weighted by Gasteiger charge is 2.31. The molecule has 0 radical (unpaired) electrons. The first-order valence-corrected chi connectivity index (χ1v) is 7.75. The molecule has 1 aromatic heterocycles. The fraction of sp³-hybridized carbons (Fsp3) is 0.105. The second-order valence-electron chi connectivity index (χ2n) is 6.07. The van der Waals surface area contributed by atoms with Crippen molar-refractivity contribution in [1.29, 1.82) is 0 Å². The van der Waals surface area contributed by atoms with Crippen molar-refractivity contribution in [3.63, 3.8) is 0 Å². The van der Waals surface area contributed by atoms with E-state index in [1.54, 1.807) is 6.20 Å². The van der Waals surface area contributed by atoms with Crippen LogP contribution in [-0.4, -0.2) is 10.1 Å². The van der Waals surface area contributed by atoms with Crippen LogP contribution in [0, 0.1) is 0 Å². The Morgan fingerprint density at radius 1 is 1.00 bits per heavy atom. The molecule has 3 aromatic carbocycles. The molecule has 1 aliphatic carbocycles. The molecule has 0 saturated heterocycles. The van der Waals surface area contributed by atoms with Gasteiger partial charge < -0.3 is 5.11 Å². The molecular formula is C19H12N4O. The third-order valence-corrected chi connectivity index (χ3v) is 4.88. The summed E-state index contributed by atoms with van der Waals surface area (Å²) in [4.78, 5) is 7.50. The van der Waals surface area contributed by atoms with Crippen molar-refractivity contribution in [2.45, 2.75) is 12.1 Å². The van der Waals surface area contributed by atoms with Crippen LogP contribution < -0.4 is 0 Å². The van der Waals surface area contributed by atoms with E-state index >= 15 is 0 Å². The van der Waals surface area contributed by atoms with Gasteiger partial charge in [0.25, 0.3) is 0 Å². The largest absolute Gasteiger partial charge is 0.388 e. The van der Waals surface area contributed by atoms with Gasteiger partial charge in [0, 0.05) is 21.9 Å². The third kappa shape index (κ3) is 1.57. The minimum Gasteiger partial charge on any atom is -0.388 e. The quantitative estimate of drug-likeness (QED) is 0.234. The van der Waals surface area contributed by atoms with Crippen molar-refractivity contribution in [2.75, 3.05) is 0 Å². The van der Waals surface area contributed by atoms with Gasteiger partial charge in [-0.15, -0.1) is 0 Å². The van der Waals surface area contributed by atoms with Gasteiger partial charge >= 0.3 is 0 Å². The molecule has 0 bridgehead atoms. The van der Waals surface area contributed by atoms with Crippen molar-refractivity contribution >= 4 is 32.4 Å². The van der Waals surface area contributed by atoms with Gasteiger partial charge in [0.1, 0.15) is 0 Å². The van der Waals surface area contributed by atoms with Gasteiger partial charge in [0.15, 0.2) is 0 Å². The Bertz CT molecular complexity index is 1190. The predicted octanol–water partition coefficient (Wildman–Crippen LogP) is 4.94. The highest BCUT2D eigenvalue weighted by molar-refractivity contribution is 6.19. The summed E-state index contributed by atoms with van der Waals surface area (Å²) >= 11 is 0. The maximum absolute atomic E-state index is 10.8. The zero-order valence-electron chi connectivity index (χ0n) is 12.6. The van der Waals surface area contributed by atoms with E-state index in [1.165, 1.54) is 0 Å². The lowest BCUT2D eigenvalue weighted by atomic mass is 9.81. The van der Waals surface area contributed by atoms with Gasteiger partial charge in [-0.25, -0.2) is 0 Å². The fourth-order valence-electron chi connectivity index (χ4n) is 3.90. The Hall–Kier alpha value is -3.14. The molecule has 1 heterocycles. The van der Waals surface area contributed by atoms with Crippen molar-refractivity contribution < 1.29 is 5.11 Å². The normalized spacial score (nSPS) is 19.0. The van der Waals surface area contributed by atoms with Gasteiger partial charge in [-0.05, 0) is 44.9 Å². The van der Waals surface area contributed by atoms with E-state index in [9.17, 15) is 5.11 Å². The van der Waals surface area contributed by atoms with Gasteiger partial charge in [-0.3, -0.25) is 4.98 Å². The van der Waals surface area contributed by atoms with Crippen LogP contribution in [0.4, 0.5) is 0 Å². The summed E-state index contributed by atoms with van der Waals surface area (Å²) in [7, 11) is 0. The lowest BCUT2D eigenvalue weighted by Crippen LogP contribution is -2.14. The molecule has 5 rings (SSSR count). The Labute approximate surface area is 136 Å². The van der Waals surface area contributed by atoms with E-state index in [1.807, 2.05) is 36.4 Å². The number of benzene rings is 3. The molecule has 4 aromatic rings. The summed E-state index contributed by atoms with van der Waals surface area (Å²) < 4.78 is 0. The highest BCUT2D eigenvalue weighted by atomic mass is 16.3. The number of fused-ring (bicyclic) bond motifs is 2. The lowest BCUT2D eigenvalue weighted by Gasteiger charge is -2.28. The van der Waals surface area contributed by atoms with Crippen molar-refractivity contribution in [1.82, 2.24) is 4.98 Å². The second-order valence-corrected chi connectivity index (χ2v) is 6.07. The van der Waals surface area contributed by atoms with Crippen LogP contribution in [0.1, 0.15) is 23.3 Å². The maximum Gasteiger partial charge on any atom is 0.0933 e. The molecular weight excluding hydrogens is 300 g/mol. The first-order chi connectivity index (χ1) is 11.8. The van der Waals surface area contributed by atoms with Crippen LogP contribution in [0.3, 0.4) is 0 Å². The molecule has 0 saturated carbocycles. The number of aliphatic hydroxyl groups excluding tert-OH is 1. The Balaban J connectivity index is 2.12. The highest BCUT2D eigenvalue weighted by Crippen LogP contribution is 2.48. The number of azide groups is 1. The minimum atomic E-state index is -0.850. The smallest absolute Gasteiger partial charge is 0.0933 e. The molecule has 5 heteroatoms. The Morgan fingerprint density at radius 3 is 2.75 bits per heavy atom. The molecule has 0 fully saturated rings. The molecule has 1 aliphatic rings.